The number of hydrogen-bond acceptors (Lipinski definition) is 2. The first-order chi connectivity index (χ1) is 27.0. The van der Waals surface area contributed by atoms with Gasteiger partial charge in [-0.25, -0.2) is 0 Å². The van der Waals surface area contributed by atoms with E-state index in [0.717, 1.165) is 17.1 Å². The molecule has 262 valence electrons. The lowest BCUT2D eigenvalue weighted by atomic mass is 9.81. The Bertz CT molecular complexity index is 2690. The van der Waals surface area contributed by atoms with E-state index in [1.54, 1.807) is 0 Å². The zero-order chi connectivity index (χ0) is 36.9. The summed E-state index contributed by atoms with van der Waals surface area (Å²) in [5, 5.41) is 1.39. The van der Waals surface area contributed by atoms with Crippen LogP contribution >= 0.6 is 11.3 Å². The van der Waals surface area contributed by atoms with Gasteiger partial charge in [0.25, 0.3) is 0 Å². The van der Waals surface area contributed by atoms with E-state index in [1.807, 2.05) is 11.3 Å². The largest absolute Gasteiger partial charge is 0.311 e. The van der Waals surface area contributed by atoms with E-state index in [2.05, 4.69) is 219 Å². The molecule has 9 aromatic rings. The van der Waals surface area contributed by atoms with Crippen molar-refractivity contribution in [3.05, 3.63) is 211 Å². The monoisotopic (exact) mass is 721 g/mol. The fraction of sp³-hybridized carbons (Fsp3) is 0.0566. The summed E-state index contributed by atoms with van der Waals surface area (Å²) in [4.78, 5) is 3.77. The molecule has 2 heteroatoms. The highest BCUT2D eigenvalue weighted by atomic mass is 32.1. The molecule has 0 saturated carbocycles. The molecule has 0 unspecified atom stereocenters. The summed E-state index contributed by atoms with van der Waals surface area (Å²) < 4.78 is 1.37. The van der Waals surface area contributed by atoms with Gasteiger partial charge in [0.1, 0.15) is 0 Å². The van der Waals surface area contributed by atoms with Gasteiger partial charge >= 0.3 is 0 Å². The Morgan fingerprint density at radius 3 is 1.31 bits per heavy atom. The molecule has 10 rings (SSSR count). The molecular formula is C53H39NS. The van der Waals surface area contributed by atoms with Crippen LogP contribution in [0.25, 0.3) is 65.0 Å². The molecule has 0 atom stereocenters. The maximum absolute atomic E-state index is 2.38. The van der Waals surface area contributed by atoms with Gasteiger partial charge in [0, 0.05) is 37.6 Å². The van der Waals surface area contributed by atoms with E-state index in [9.17, 15) is 0 Å². The average molecular weight is 722 g/mol. The third kappa shape index (κ3) is 5.78. The molecule has 1 heterocycles. The second kappa shape index (κ2) is 13.4. The highest BCUT2D eigenvalue weighted by Gasteiger charge is 2.39. The van der Waals surface area contributed by atoms with Crippen molar-refractivity contribution in [3.63, 3.8) is 0 Å². The van der Waals surface area contributed by atoms with Crippen LogP contribution in [0.2, 0.25) is 0 Å². The first kappa shape index (κ1) is 33.1. The molecular weight excluding hydrogens is 683 g/mol. The average Bonchev–Trinajstić information content (AvgIpc) is 3.75. The Labute approximate surface area is 327 Å². The van der Waals surface area contributed by atoms with Crippen LogP contribution in [0.4, 0.5) is 17.1 Å². The summed E-state index contributed by atoms with van der Waals surface area (Å²) in [6.07, 6.45) is 0. The van der Waals surface area contributed by atoms with E-state index in [4.69, 9.17) is 0 Å². The molecule has 55 heavy (non-hydrogen) atoms. The topological polar surface area (TPSA) is 3.24 Å². The third-order valence-corrected chi connectivity index (χ3v) is 12.5. The van der Waals surface area contributed by atoms with Crippen LogP contribution in [-0.2, 0) is 5.41 Å². The van der Waals surface area contributed by atoms with Crippen LogP contribution < -0.4 is 4.90 Å². The predicted molar refractivity (Wildman–Crippen MR) is 236 cm³/mol. The van der Waals surface area contributed by atoms with Gasteiger partial charge < -0.3 is 4.90 Å². The van der Waals surface area contributed by atoms with Crippen LogP contribution in [0.3, 0.4) is 0 Å². The molecule has 0 spiro atoms. The van der Waals surface area contributed by atoms with Crippen molar-refractivity contribution in [1.29, 1.82) is 0 Å². The zero-order valence-electron chi connectivity index (χ0n) is 30.9. The van der Waals surface area contributed by atoms with Gasteiger partial charge in [0.15, 0.2) is 0 Å². The summed E-state index contributed by atoms with van der Waals surface area (Å²) in [5.41, 5.74) is 17.4. The van der Waals surface area contributed by atoms with Gasteiger partial charge in [-0.2, -0.15) is 0 Å². The number of nitrogens with zero attached hydrogens (tertiary/aromatic N) is 1. The van der Waals surface area contributed by atoms with Gasteiger partial charge in [0.05, 0.1) is 0 Å². The highest BCUT2D eigenvalue weighted by molar-refractivity contribution is 7.22. The van der Waals surface area contributed by atoms with E-state index < -0.39 is 0 Å². The second-order valence-electron chi connectivity index (χ2n) is 14.9. The number of anilines is 3. The van der Waals surface area contributed by atoms with Gasteiger partial charge in [-0.15, -0.1) is 11.3 Å². The van der Waals surface area contributed by atoms with Crippen molar-refractivity contribution < 1.29 is 0 Å². The summed E-state index contributed by atoms with van der Waals surface area (Å²) >= 11 is 1.94. The van der Waals surface area contributed by atoms with Gasteiger partial charge in [-0.05, 0) is 103 Å². The normalized spacial score (nSPS) is 12.7. The van der Waals surface area contributed by atoms with E-state index in [-0.39, 0.29) is 5.41 Å². The van der Waals surface area contributed by atoms with Crippen molar-refractivity contribution in [3.8, 4) is 54.9 Å². The Balaban J connectivity index is 0.978. The standard InChI is InChI=1S/C53H39NS/c1-53(2)48-18-11-17-46(50(48)52-51(53)47-16-9-10-19-49(47)55-52)42-22-20-38(21-23-42)41-28-34-45(35-29-41)54(43-30-24-39(25-31-43)36-12-5-3-6-13-36)44-32-26-40(27-33-44)37-14-7-4-8-15-37/h3-35H,1-2H3. The first-order valence-corrected chi connectivity index (χ1v) is 19.8. The molecule has 1 aliphatic rings. The molecule has 0 amide bonds. The van der Waals surface area contributed by atoms with Crippen molar-refractivity contribution in [2.24, 2.45) is 0 Å². The minimum atomic E-state index is -0.0380. The van der Waals surface area contributed by atoms with Crippen LogP contribution in [0, 0.1) is 0 Å². The zero-order valence-corrected chi connectivity index (χ0v) is 31.7. The second-order valence-corrected chi connectivity index (χ2v) is 16.0. The fourth-order valence-corrected chi connectivity index (χ4v) is 9.93. The SMILES string of the molecule is CC1(C)c2cccc(-c3ccc(-c4ccc(N(c5ccc(-c6ccccc6)cc5)c5ccc(-c6ccccc6)cc5)cc4)cc3)c2-c2sc3ccccc3c21. The molecule has 0 bridgehead atoms. The minimum Gasteiger partial charge on any atom is -0.311 e. The third-order valence-electron chi connectivity index (χ3n) is 11.3. The first-order valence-electron chi connectivity index (χ1n) is 19.0. The molecule has 1 aromatic heterocycles. The maximum atomic E-state index is 2.38. The van der Waals surface area contributed by atoms with Crippen LogP contribution in [0.15, 0.2) is 200 Å². The van der Waals surface area contributed by atoms with Gasteiger partial charge in [-0.1, -0.05) is 172 Å². The van der Waals surface area contributed by atoms with E-state index >= 15 is 0 Å². The van der Waals surface area contributed by atoms with E-state index in [0.29, 0.717) is 0 Å². The number of thiophene rings is 1. The molecule has 0 radical (unpaired) electrons. The maximum Gasteiger partial charge on any atom is 0.0462 e. The summed E-state index contributed by atoms with van der Waals surface area (Å²) in [5.74, 6) is 0. The van der Waals surface area contributed by atoms with Crippen LogP contribution in [0.1, 0.15) is 25.0 Å². The van der Waals surface area contributed by atoms with Crippen LogP contribution in [0.5, 0.6) is 0 Å². The number of fused-ring (bicyclic) bond motifs is 5. The molecule has 0 fully saturated rings. The number of benzene rings is 8. The van der Waals surface area contributed by atoms with Crippen molar-refractivity contribution in [1.82, 2.24) is 0 Å². The number of rotatable bonds is 7. The Kier molecular flexibility index (Phi) is 8.08. The number of hydrogen-bond donors (Lipinski definition) is 0. The van der Waals surface area contributed by atoms with Gasteiger partial charge in [0.2, 0.25) is 0 Å². The summed E-state index contributed by atoms with van der Waals surface area (Å²) in [6.45, 7) is 4.77. The molecule has 8 aromatic carbocycles. The molecule has 1 aliphatic carbocycles. The molecule has 0 aliphatic heterocycles. The van der Waals surface area contributed by atoms with Gasteiger partial charge in [-0.3, -0.25) is 0 Å². The summed E-state index contributed by atoms with van der Waals surface area (Å²) in [7, 11) is 0. The van der Waals surface area contributed by atoms with Crippen molar-refractivity contribution >= 4 is 38.5 Å². The molecule has 1 nitrogen and oxygen atoms in total. The Morgan fingerprint density at radius 1 is 0.382 bits per heavy atom. The quantitative estimate of drug-likeness (QED) is 0.158. The fourth-order valence-electron chi connectivity index (χ4n) is 8.49. The lowest BCUT2D eigenvalue weighted by Gasteiger charge is -2.26. The lowest BCUT2D eigenvalue weighted by molar-refractivity contribution is 0.667. The van der Waals surface area contributed by atoms with E-state index in [1.165, 1.54) is 76.2 Å². The molecule has 0 saturated heterocycles. The van der Waals surface area contributed by atoms with Crippen molar-refractivity contribution in [2.75, 3.05) is 4.90 Å². The Hall–Kier alpha value is -6.48. The van der Waals surface area contributed by atoms with Crippen molar-refractivity contribution in [2.45, 2.75) is 19.3 Å². The smallest absolute Gasteiger partial charge is 0.0462 e. The predicted octanol–water partition coefficient (Wildman–Crippen LogP) is 15.3. The Morgan fingerprint density at radius 2 is 0.800 bits per heavy atom. The van der Waals surface area contributed by atoms with Crippen LogP contribution in [-0.4, -0.2) is 0 Å². The highest BCUT2D eigenvalue weighted by Crippen LogP contribution is 2.57. The lowest BCUT2D eigenvalue weighted by Crippen LogP contribution is -2.14. The minimum absolute atomic E-state index is 0.0380. The molecule has 0 N–H and O–H groups in total. The summed E-state index contributed by atoms with van der Waals surface area (Å²) in [6, 6.07) is 72.8.